The first-order valence-corrected chi connectivity index (χ1v) is 7.69. The van der Waals surface area contributed by atoms with Gasteiger partial charge in [-0.2, -0.15) is 4.99 Å². The first-order chi connectivity index (χ1) is 11.3. The topological polar surface area (TPSA) is 146 Å². The van der Waals surface area contributed by atoms with Gasteiger partial charge in [-0.1, -0.05) is 23.4 Å². The molecule has 0 amide bonds. The number of nitrogens with two attached hydrogens (primary N) is 3. The standard InChI is InChI=1S/C14H13ClN6O2S/c15-8-1-3-11(4-2-8)24-12-6-9(5-10(7-12)21(22)23)19-14(18)20-13(16)17/h1-7H,(H6,16,17,18,19,20). The summed E-state index contributed by atoms with van der Waals surface area (Å²) >= 11 is 7.17. The first-order valence-electron chi connectivity index (χ1n) is 6.50. The van der Waals surface area contributed by atoms with Crippen molar-refractivity contribution in [3.63, 3.8) is 0 Å². The fourth-order valence-electron chi connectivity index (χ4n) is 1.73. The van der Waals surface area contributed by atoms with Gasteiger partial charge in [0.2, 0.25) is 5.96 Å². The van der Waals surface area contributed by atoms with E-state index in [1.54, 1.807) is 18.2 Å². The summed E-state index contributed by atoms with van der Waals surface area (Å²) in [6, 6.07) is 11.4. The molecule has 0 bridgehead atoms. The van der Waals surface area contributed by atoms with Crippen LogP contribution in [0.15, 0.2) is 62.2 Å². The van der Waals surface area contributed by atoms with E-state index in [0.29, 0.717) is 9.92 Å². The zero-order valence-electron chi connectivity index (χ0n) is 12.2. The number of benzene rings is 2. The SMILES string of the molecule is NC(N)=NC(N)=Nc1cc(Sc2ccc(Cl)cc2)cc([N+](=O)[O-])c1. The lowest BCUT2D eigenvalue weighted by molar-refractivity contribution is -0.385. The molecule has 8 nitrogen and oxygen atoms in total. The molecule has 0 saturated heterocycles. The third-order valence-corrected chi connectivity index (χ3v) is 3.85. The summed E-state index contributed by atoms with van der Waals surface area (Å²) in [7, 11) is 0. The van der Waals surface area contributed by atoms with E-state index in [1.807, 2.05) is 12.1 Å². The molecular weight excluding hydrogens is 352 g/mol. The van der Waals surface area contributed by atoms with Gasteiger partial charge in [0.15, 0.2) is 5.96 Å². The van der Waals surface area contributed by atoms with E-state index >= 15 is 0 Å². The van der Waals surface area contributed by atoms with Gasteiger partial charge in [-0.3, -0.25) is 10.1 Å². The molecule has 0 radical (unpaired) electrons. The summed E-state index contributed by atoms with van der Waals surface area (Å²) in [5.41, 5.74) is 16.1. The van der Waals surface area contributed by atoms with E-state index in [-0.39, 0.29) is 23.3 Å². The highest BCUT2D eigenvalue weighted by Crippen LogP contribution is 2.34. The third kappa shape index (κ3) is 5.14. The van der Waals surface area contributed by atoms with Crippen LogP contribution in [-0.2, 0) is 0 Å². The van der Waals surface area contributed by atoms with E-state index < -0.39 is 4.92 Å². The normalized spacial score (nSPS) is 11.1. The molecule has 2 rings (SSSR count). The van der Waals surface area contributed by atoms with Gasteiger partial charge in [0.1, 0.15) is 0 Å². The lowest BCUT2D eigenvalue weighted by Gasteiger charge is -2.04. The maximum atomic E-state index is 11.1. The van der Waals surface area contributed by atoms with E-state index in [1.165, 1.54) is 23.9 Å². The fraction of sp³-hybridized carbons (Fsp3) is 0. The molecule has 2 aromatic rings. The number of aliphatic imine (C=N–C) groups is 2. The van der Waals surface area contributed by atoms with Crippen molar-refractivity contribution in [3.05, 3.63) is 57.6 Å². The smallest absolute Gasteiger partial charge is 0.272 e. The monoisotopic (exact) mass is 364 g/mol. The van der Waals surface area contributed by atoms with Gasteiger partial charge in [0.05, 0.1) is 10.6 Å². The van der Waals surface area contributed by atoms with E-state index in [0.717, 1.165) is 4.90 Å². The third-order valence-electron chi connectivity index (χ3n) is 2.62. The summed E-state index contributed by atoms with van der Waals surface area (Å²) < 4.78 is 0. The zero-order chi connectivity index (χ0) is 17.7. The van der Waals surface area contributed by atoms with Crippen molar-refractivity contribution in [1.82, 2.24) is 0 Å². The van der Waals surface area contributed by atoms with Crippen LogP contribution < -0.4 is 17.2 Å². The molecule has 0 atom stereocenters. The van der Waals surface area contributed by atoms with Gasteiger partial charge in [-0.15, -0.1) is 0 Å². The number of non-ortho nitro benzene ring substituents is 1. The van der Waals surface area contributed by atoms with E-state index in [9.17, 15) is 10.1 Å². The molecule has 10 heteroatoms. The van der Waals surface area contributed by atoms with Crippen molar-refractivity contribution in [2.45, 2.75) is 9.79 Å². The average molecular weight is 365 g/mol. The molecule has 2 aromatic carbocycles. The molecule has 0 aliphatic carbocycles. The maximum Gasteiger partial charge on any atom is 0.272 e. The minimum Gasteiger partial charge on any atom is -0.370 e. The number of halogens is 1. The van der Waals surface area contributed by atoms with Crippen LogP contribution in [0.5, 0.6) is 0 Å². The minimum atomic E-state index is -0.512. The lowest BCUT2D eigenvalue weighted by atomic mass is 10.3. The van der Waals surface area contributed by atoms with Gasteiger partial charge in [0.25, 0.3) is 5.69 Å². The molecule has 6 N–H and O–H groups in total. The lowest BCUT2D eigenvalue weighted by Crippen LogP contribution is -2.26. The summed E-state index contributed by atoms with van der Waals surface area (Å²) in [6.45, 7) is 0. The van der Waals surface area contributed by atoms with Crippen LogP contribution in [0.2, 0.25) is 5.02 Å². The second kappa shape index (κ2) is 7.66. The van der Waals surface area contributed by atoms with Crippen molar-refractivity contribution in [2.75, 3.05) is 0 Å². The number of hydrogen-bond donors (Lipinski definition) is 3. The largest absolute Gasteiger partial charge is 0.370 e. The van der Waals surface area contributed by atoms with Crippen LogP contribution in [0.3, 0.4) is 0 Å². The Bertz CT molecular complexity index is 819. The summed E-state index contributed by atoms with van der Waals surface area (Å²) in [5.74, 6) is -0.449. The number of nitro benzene ring substituents is 1. The Balaban J connectivity index is 2.39. The van der Waals surface area contributed by atoms with Gasteiger partial charge in [-0.05, 0) is 30.3 Å². The predicted molar refractivity (Wildman–Crippen MR) is 95.8 cm³/mol. The van der Waals surface area contributed by atoms with Crippen LogP contribution in [0.1, 0.15) is 0 Å². The van der Waals surface area contributed by atoms with Crippen molar-refractivity contribution in [3.8, 4) is 0 Å². The highest BCUT2D eigenvalue weighted by atomic mass is 35.5. The molecule has 0 unspecified atom stereocenters. The minimum absolute atomic E-state index is 0.120. The van der Waals surface area contributed by atoms with Crippen LogP contribution in [0.4, 0.5) is 11.4 Å². The maximum absolute atomic E-state index is 11.1. The highest BCUT2D eigenvalue weighted by molar-refractivity contribution is 7.99. The van der Waals surface area contributed by atoms with Crippen molar-refractivity contribution < 1.29 is 4.92 Å². The van der Waals surface area contributed by atoms with E-state index in [4.69, 9.17) is 28.8 Å². The van der Waals surface area contributed by atoms with Gasteiger partial charge >= 0.3 is 0 Å². The van der Waals surface area contributed by atoms with Crippen LogP contribution in [-0.4, -0.2) is 16.8 Å². The Morgan fingerprint density at radius 1 is 1.08 bits per heavy atom. The molecule has 0 aliphatic rings. The number of nitro groups is 1. The summed E-state index contributed by atoms with van der Waals surface area (Å²) in [6.07, 6.45) is 0. The zero-order valence-corrected chi connectivity index (χ0v) is 13.8. The van der Waals surface area contributed by atoms with Crippen molar-refractivity contribution in [2.24, 2.45) is 27.2 Å². The van der Waals surface area contributed by atoms with Gasteiger partial charge in [-0.25, -0.2) is 4.99 Å². The molecule has 0 heterocycles. The Kier molecular flexibility index (Phi) is 5.61. The molecule has 0 spiro atoms. The summed E-state index contributed by atoms with van der Waals surface area (Å²) in [4.78, 5) is 19.6. The number of nitrogens with zero attached hydrogens (tertiary/aromatic N) is 3. The Labute approximate surface area is 146 Å². The molecule has 0 saturated carbocycles. The average Bonchev–Trinajstić information content (AvgIpc) is 2.48. The first kappa shape index (κ1) is 17.6. The van der Waals surface area contributed by atoms with Gasteiger partial charge in [0, 0.05) is 26.9 Å². The van der Waals surface area contributed by atoms with Crippen LogP contribution >= 0.6 is 23.4 Å². The van der Waals surface area contributed by atoms with Crippen molar-refractivity contribution in [1.29, 1.82) is 0 Å². The Morgan fingerprint density at radius 2 is 1.75 bits per heavy atom. The predicted octanol–water partition coefficient (Wildman–Crippen LogP) is 2.62. The van der Waals surface area contributed by atoms with Crippen molar-refractivity contribution >= 4 is 46.7 Å². The number of hydrogen-bond acceptors (Lipinski definition) is 4. The molecule has 0 aliphatic heterocycles. The number of guanidine groups is 2. The second-order valence-electron chi connectivity index (χ2n) is 4.50. The molecule has 0 fully saturated rings. The number of rotatable bonds is 4. The van der Waals surface area contributed by atoms with Crippen LogP contribution in [0.25, 0.3) is 0 Å². The molecule has 0 aromatic heterocycles. The van der Waals surface area contributed by atoms with Gasteiger partial charge < -0.3 is 17.2 Å². The second-order valence-corrected chi connectivity index (χ2v) is 6.09. The quantitative estimate of drug-likeness (QED) is 0.329. The molecule has 24 heavy (non-hydrogen) atoms. The molecule has 124 valence electrons. The Hall–Kier alpha value is -2.78. The Morgan fingerprint density at radius 3 is 2.33 bits per heavy atom. The van der Waals surface area contributed by atoms with Crippen LogP contribution in [0, 0.1) is 10.1 Å². The highest BCUT2D eigenvalue weighted by Gasteiger charge is 2.11. The fourth-order valence-corrected chi connectivity index (χ4v) is 2.75. The van der Waals surface area contributed by atoms with E-state index in [2.05, 4.69) is 9.98 Å². The molecular formula is C14H13ClN6O2S. The summed E-state index contributed by atoms with van der Waals surface area (Å²) in [5, 5.41) is 11.7.